The molecule has 0 aromatic rings. The van der Waals surface area contributed by atoms with Gasteiger partial charge in [-0.05, 0) is 33.6 Å². The number of carbonyl (C=O) groups is 2. The maximum atomic E-state index is 11.9. The van der Waals surface area contributed by atoms with Gasteiger partial charge in [0, 0.05) is 12.5 Å². The smallest absolute Gasteiger partial charge is 0.410 e. The van der Waals surface area contributed by atoms with Gasteiger partial charge in [-0.3, -0.25) is 9.69 Å². The molecule has 2 aliphatic carbocycles. The molecule has 0 radical (unpaired) electrons. The minimum Gasteiger partial charge on any atom is -0.444 e. The van der Waals surface area contributed by atoms with Crippen molar-refractivity contribution in [3.8, 4) is 0 Å². The van der Waals surface area contributed by atoms with E-state index in [0.717, 1.165) is 12.8 Å². The molecule has 4 nitrogen and oxygen atoms in total. The number of nitrogens with zero attached hydrogens (tertiary/aromatic N) is 1. The maximum Gasteiger partial charge on any atom is 0.410 e. The van der Waals surface area contributed by atoms with E-state index in [0.29, 0.717) is 12.2 Å². The quantitative estimate of drug-likeness (QED) is 0.628. The van der Waals surface area contributed by atoms with Crippen LogP contribution in [-0.4, -0.2) is 34.5 Å². The molecule has 3 atom stereocenters. The summed E-state index contributed by atoms with van der Waals surface area (Å²) < 4.78 is 5.35. The molecule has 3 fully saturated rings. The number of rotatable bonds is 0. The molecule has 0 bridgehead atoms. The molecule has 88 valence electrons. The minimum absolute atomic E-state index is 0.128. The summed E-state index contributed by atoms with van der Waals surface area (Å²) in [6.45, 7) is 5.60. The molecule has 0 N–H and O–H groups in total. The Morgan fingerprint density at radius 2 is 2.12 bits per heavy atom. The number of ether oxygens (including phenoxy) is 1. The third-order valence-corrected chi connectivity index (χ3v) is 4.19. The number of likely N-dealkylation sites (tertiary alicyclic amines) is 1. The first-order valence-corrected chi connectivity index (χ1v) is 5.91. The van der Waals surface area contributed by atoms with Crippen LogP contribution in [0.2, 0.25) is 0 Å². The van der Waals surface area contributed by atoms with Gasteiger partial charge in [0.1, 0.15) is 11.4 Å². The molecule has 1 spiro atoms. The molecule has 1 amide bonds. The number of hydrogen-bond acceptors (Lipinski definition) is 3. The van der Waals surface area contributed by atoms with Crippen LogP contribution in [-0.2, 0) is 9.53 Å². The standard InChI is InChI=1S/C12H17NO3/c1-11(2,3)16-10(15)13-7-4-5-12(7)8(13)6-9(12)14/h7-8H,4-6H2,1-3H3. The molecule has 3 unspecified atom stereocenters. The van der Waals surface area contributed by atoms with Gasteiger partial charge in [-0.1, -0.05) is 0 Å². The molecule has 4 heteroatoms. The van der Waals surface area contributed by atoms with E-state index < -0.39 is 5.60 Å². The lowest BCUT2D eigenvalue weighted by Gasteiger charge is -2.74. The Kier molecular flexibility index (Phi) is 1.65. The predicted molar refractivity (Wildman–Crippen MR) is 56.9 cm³/mol. The third-order valence-electron chi connectivity index (χ3n) is 4.19. The van der Waals surface area contributed by atoms with E-state index in [1.807, 2.05) is 20.8 Å². The van der Waals surface area contributed by atoms with E-state index in [9.17, 15) is 9.59 Å². The average molecular weight is 223 g/mol. The lowest BCUT2D eigenvalue weighted by Crippen LogP contribution is -2.86. The molecule has 3 aliphatic rings. The number of amides is 1. The van der Waals surface area contributed by atoms with Crippen LogP contribution in [0.15, 0.2) is 0 Å². The average Bonchev–Trinajstić information content (AvgIpc) is 2.05. The van der Waals surface area contributed by atoms with Crippen LogP contribution in [0.5, 0.6) is 0 Å². The van der Waals surface area contributed by atoms with Crippen LogP contribution in [0.1, 0.15) is 40.0 Å². The lowest BCUT2D eigenvalue weighted by atomic mass is 9.42. The summed E-state index contributed by atoms with van der Waals surface area (Å²) in [5, 5.41) is 0. The van der Waals surface area contributed by atoms with Gasteiger partial charge in [0.2, 0.25) is 0 Å². The fourth-order valence-corrected chi connectivity index (χ4v) is 3.34. The van der Waals surface area contributed by atoms with Gasteiger partial charge in [-0.25, -0.2) is 4.79 Å². The van der Waals surface area contributed by atoms with Gasteiger partial charge in [-0.2, -0.15) is 0 Å². The highest BCUT2D eigenvalue weighted by Crippen LogP contribution is 2.66. The fraction of sp³-hybridized carbons (Fsp3) is 0.833. The second kappa shape index (κ2) is 2.60. The van der Waals surface area contributed by atoms with Gasteiger partial charge >= 0.3 is 6.09 Å². The van der Waals surface area contributed by atoms with Crippen molar-refractivity contribution in [1.82, 2.24) is 4.90 Å². The number of piperidine rings is 2. The largest absolute Gasteiger partial charge is 0.444 e. The zero-order valence-corrected chi connectivity index (χ0v) is 9.95. The molecule has 16 heavy (non-hydrogen) atoms. The first kappa shape index (κ1) is 10.1. The molecule has 2 saturated carbocycles. The topological polar surface area (TPSA) is 46.6 Å². The Morgan fingerprint density at radius 3 is 2.50 bits per heavy atom. The van der Waals surface area contributed by atoms with Crippen LogP contribution in [0, 0.1) is 5.41 Å². The van der Waals surface area contributed by atoms with Crippen LogP contribution in [0.25, 0.3) is 0 Å². The van der Waals surface area contributed by atoms with E-state index in [-0.39, 0.29) is 23.6 Å². The van der Waals surface area contributed by atoms with Crippen molar-refractivity contribution < 1.29 is 14.3 Å². The highest BCUT2D eigenvalue weighted by Gasteiger charge is 2.77. The zero-order valence-electron chi connectivity index (χ0n) is 9.95. The number of hydrogen-bond donors (Lipinski definition) is 0. The number of ketones is 1. The molecule has 0 aromatic heterocycles. The van der Waals surface area contributed by atoms with Crippen LogP contribution >= 0.6 is 0 Å². The Hall–Kier alpha value is -1.06. The summed E-state index contributed by atoms with van der Waals surface area (Å²) in [7, 11) is 0. The second-order valence-corrected chi connectivity index (χ2v) is 6.13. The van der Waals surface area contributed by atoms with Crippen molar-refractivity contribution in [1.29, 1.82) is 0 Å². The van der Waals surface area contributed by atoms with E-state index in [4.69, 9.17) is 4.74 Å². The van der Waals surface area contributed by atoms with Gasteiger partial charge in [0.15, 0.2) is 0 Å². The van der Waals surface area contributed by atoms with Crippen molar-refractivity contribution >= 4 is 11.9 Å². The first-order valence-electron chi connectivity index (χ1n) is 5.91. The Morgan fingerprint density at radius 1 is 1.44 bits per heavy atom. The van der Waals surface area contributed by atoms with Crippen LogP contribution < -0.4 is 0 Å². The van der Waals surface area contributed by atoms with Crippen LogP contribution in [0.4, 0.5) is 4.79 Å². The fourth-order valence-electron chi connectivity index (χ4n) is 3.34. The van der Waals surface area contributed by atoms with E-state index >= 15 is 0 Å². The molecular weight excluding hydrogens is 206 g/mol. The monoisotopic (exact) mass is 223 g/mol. The van der Waals surface area contributed by atoms with Gasteiger partial charge in [0.25, 0.3) is 0 Å². The Bertz CT molecular complexity index is 376. The second-order valence-electron chi connectivity index (χ2n) is 6.13. The third kappa shape index (κ3) is 0.955. The number of carbonyl (C=O) groups excluding carboxylic acids is 2. The molecular formula is C12H17NO3. The molecule has 1 saturated heterocycles. The summed E-state index contributed by atoms with van der Waals surface area (Å²) in [5.41, 5.74) is -0.580. The molecule has 1 aliphatic heterocycles. The first-order chi connectivity index (χ1) is 7.36. The zero-order chi connectivity index (χ0) is 11.7. The SMILES string of the molecule is CC(C)(C)OC(=O)N1C2CCC23C(=O)CC13. The summed E-state index contributed by atoms with van der Waals surface area (Å²) in [4.78, 5) is 25.3. The van der Waals surface area contributed by atoms with Gasteiger partial charge < -0.3 is 4.74 Å². The van der Waals surface area contributed by atoms with E-state index in [1.165, 1.54) is 0 Å². The van der Waals surface area contributed by atoms with Crippen molar-refractivity contribution in [2.75, 3.05) is 0 Å². The summed E-state index contributed by atoms with van der Waals surface area (Å²) in [6, 6.07) is 0.294. The van der Waals surface area contributed by atoms with Crippen LogP contribution in [0.3, 0.4) is 0 Å². The summed E-state index contributed by atoms with van der Waals surface area (Å²) in [6.07, 6.45) is 2.22. The summed E-state index contributed by atoms with van der Waals surface area (Å²) >= 11 is 0. The van der Waals surface area contributed by atoms with Crippen molar-refractivity contribution in [2.45, 2.75) is 57.7 Å². The maximum absolute atomic E-state index is 11.9. The minimum atomic E-state index is -0.452. The van der Waals surface area contributed by atoms with E-state index in [1.54, 1.807) is 4.90 Å². The Labute approximate surface area is 94.9 Å². The normalized spacial score (nSPS) is 39.9. The highest BCUT2D eigenvalue weighted by molar-refractivity contribution is 5.99. The van der Waals surface area contributed by atoms with Crippen molar-refractivity contribution in [3.63, 3.8) is 0 Å². The molecule has 0 aromatic carbocycles. The van der Waals surface area contributed by atoms with Crippen molar-refractivity contribution in [2.24, 2.45) is 5.41 Å². The Balaban J connectivity index is 1.71. The van der Waals surface area contributed by atoms with Gasteiger partial charge in [0.05, 0.1) is 11.5 Å². The van der Waals surface area contributed by atoms with E-state index in [2.05, 4.69) is 0 Å². The van der Waals surface area contributed by atoms with Crippen molar-refractivity contribution in [3.05, 3.63) is 0 Å². The predicted octanol–water partition coefficient (Wildman–Crippen LogP) is 1.73. The van der Waals surface area contributed by atoms with Gasteiger partial charge in [-0.15, -0.1) is 0 Å². The summed E-state index contributed by atoms with van der Waals surface area (Å²) in [5.74, 6) is 0.355. The lowest BCUT2D eigenvalue weighted by molar-refractivity contribution is -0.229. The molecule has 3 rings (SSSR count). The molecule has 1 heterocycles. The number of Topliss-reactive ketones (excluding diaryl/α,β-unsaturated/α-hetero) is 1. The highest BCUT2D eigenvalue weighted by atomic mass is 16.6.